The van der Waals surface area contributed by atoms with Crippen molar-refractivity contribution in [2.45, 2.75) is 19.1 Å². The number of nitrogens with zero attached hydrogens (tertiary/aromatic N) is 1. The Morgan fingerprint density at radius 3 is 3.07 bits per heavy atom. The third-order valence-corrected chi connectivity index (χ3v) is 2.22. The van der Waals surface area contributed by atoms with Gasteiger partial charge in [-0.2, -0.15) is 0 Å². The summed E-state index contributed by atoms with van der Waals surface area (Å²) >= 11 is 0. The summed E-state index contributed by atoms with van der Waals surface area (Å²) in [7, 11) is 1.54. The van der Waals surface area contributed by atoms with Gasteiger partial charge in [0.1, 0.15) is 6.04 Å². The van der Waals surface area contributed by atoms with E-state index in [2.05, 4.69) is 0 Å². The van der Waals surface area contributed by atoms with Crippen molar-refractivity contribution in [1.29, 1.82) is 0 Å². The lowest BCUT2D eigenvalue weighted by Gasteiger charge is -2.32. The van der Waals surface area contributed by atoms with Crippen LogP contribution in [0.1, 0.15) is 6.92 Å². The van der Waals surface area contributed by atoms with Gasteiger partial charge in [-0.3, -0.25) is 4.79 Å². The van der Waals surface area contributed by atoms with E-state index in [1.54, 1.807) is 4.90 Å². The lowest BCUT2D eigenvalue weighted by molar-refractivity contribution is -0.140. The van der Waals surface area contributed by atoms with Crippen LogP contribution in [0.5, 0.6) is 0 Å². The Bertz CT molecular complexity index is 198. The molecular weight excluding hydrogens is 184 g/mol. The van der Waals surface area contributed by atoms with Gasteiger partial charge in [0.2, 0.25) is 5.91 Å². The molecule has 2 atom stereocenters. The summed E-state index contributed by atoms with van der Waals surface area (Å²) in [6.07, 6.45) is 0.0995. The average molecular weight is 202 g/mol. The highest BCUT2D eigenvalue weighted by Gasteiger charge is 2.25. The SMILES string of the molecule is COCC(N)C(=O)N1CCOC(C)C1. The van der Waals surface area contributed by atoms with Crippen molar-refractivity contribution < 1.29 is 14.3 Å². The smallest absolute Gasteiger partial charge is 0.242 e. The van der Waals surface area contributed by atoms with Crippen molar-refractivity contribution in [1.82, 2.24) is 4.90 Å². The Morgan fingerprint density at radius 2 is 2.50 bits per heavy atom. The first-order chi connectivity index (χ1) is 6.65. The quantitative estimate of drug-likeness (QED) is 0.651. The molecule has 5 heteroatoms. The monoisotopic (exact) mass is 202 g/mol. The molecule has 0 bridgehead atoms. The maximum Gasteiger partial charge on any atom is 0.242 e. The Kier molecular flexibility index (Phi) is 4.31. The fourth-order valence-corrected chi connectivity index (χ4v) is 1.50. The number of carbonyl (C=O) groups is 1. The molecule has 0 aromatic carbocycles. The lowest BCUT2D eigenvalue weighted by Crippen LogP contribution is -2.52. The predicted molar refractivity (Wildman–Crippen MR) is 51.8 cm³/mol. The number of hydrogen-bond donors (Lipinski definition) is 1. The van der Waals surface area contributed by atoms with Gasteiger partial charge in [0.05, 0.1) is 19.3 Å². The summed E-state index contributed by atoms with van der Waals surface area (Å²) in [5.41, 5.74) is 5.65. The number of morpholine rings is 1. The lowest BCUT2D eigenvalue weighted by atomic mass is 10.2. The van der Waals surface area contributed by atoms with Gasteiger partial charge in [-0.15, -0.1) is 0 Å². The van der Waals surface area contributed by atoms with E-state index >= 15 is 0 Å². The van der Waals surface area contributed by atoms with Crippen molar-refractivity contribution in [2.75, 3.05) is 33.4 Å². The highest BCUT2D eigenvalue weighted by molar-refractivity contribution is 5.81. The summed E-state index contributed by atoms with van der Waals surface area (Å²) in [6.45, 7) is 4.05. The topological polar surface area (TPSA) is 64.8 Å². The fraction of sp³-hybridized carbons (Fsp3) is 0.889. The molecule has 0 spiro atoms. The van der Waals surface area contributed by atoms with E-state index in [4.69, 9.17) is 15.2 Å². The van der Waals surface area contributed by atoms with Gasteiger partial charge in [-0.25, -0.2) is 0 Å². The van der Waals surface area contributed by atoms with Gasteiger partial charge in [-0.1, -0.05) is 0 Å². The highest BCUT2D eigenvalue weighted by atomic mass is 16.5. The third-order valence-electron chi connectivity index (χ3n) is 2.22. The second kappa shape index (κ2) is 5.29. The predicted octanol–water partition coefficient (Wildman–Crippen LogP) is -0.793. The molecule has 1 saturated heterocycles. The van der Waals surface area contributed by atoms with Crippen LogP contribution in [0.3, 0.4) is 0 Å². The largest absolute Gasteiger partial charge is 0.383 e. The molecular formula is C9H18N2O3. The van der Waals surface area contributed by atoms with Gasteiger partial charge in [-0.05, 0) is 6.92 Å². The van der Waals surface area contributed by atoms with Crippen LogP contribution < -0.4 is 5.73 Å². The van der Waals surface area contributed by atoms with E-state index in [9.17, 15) is 4.79 Å². The molecule has 1 aliphatic rings. The first-order valence-corrected chi connectivity index (χ1v) is 4.80. The molecule has 0 aliphatic carbocycles. The van der Waals surface area contributed by atoms with Gasteiger partial charge in [0, 0.05) is 20.2 Å². The van der Waals surface area contributed by atoms with Crippen LogP contribution in [-0.4, -0.2) is 56.4 Å². The number of amides is 1. The van der Waals surface area contributed by atoms with Crippen LogP contribution in [0.2, 0.25) is 0 Å². The molecule has 0 aromatic heterocycles. The van der Waals surface area contributed by atoms with Crippen LogP contribution in [0.15, 0.2) is 0 Å². The molecule has 1 heterocycles. The van der Waals surface area contributed by atoms with Crippen LogP contribution >= 0.6 is 0 Å². The molecule has 1 amide bonds. The summed E-state index contributed by atoms with van der Waals surface area (Å²) in [4.78, 5) is 13.4. The summed E-state index contributed by atoms with van der Waals surface area (Å²) < 4.78 is 10.2. The molecule has 1 fully saturated rings. The maximum absolute atomic E-state index is 11.7. The van der Waals surface area contributed by atoms with Crippen molar-refractivity contribution in [3.05, 3.63) is 0 Å². The summed E-state index contributed by atoms with van der Waals surface area (Å²) in [6, 6.07) is -0.551. The molecule has 1 rings (SSSR count). The Balaban J connectivity index is 2.42. The van der Waals surface area contributed by atoms with Crippen molar-refractivity contribution in [3.63, 3.8) is 0 Å². The first kappa shape index (κ1) is 11.4. The molecule has 0 radical (unpaired) electrons. The zero-order valence-electron chi connectivity index (χ0n) is 8.73. The molecule has 2 N–H and O–H groups in total. The van der Waals surface area contributed by atoms with E-state index in [1.165, 1.54) is 7.11 Å². The first-order valence-electron chi connectivity index (χ1n) is 4.80. The van der Waals surface area contributed by atoms with E-state index in [-0.39, 0.29) is 18.6 Å². The molecule has 5 nitrogen and oxygen atoms in total. The number of ether oxygens (including phenoxy) is 2. The zero-order valence-corrected chi connectivity index (χ0v) is 8.73. The molecule has 2 unspecified atom stereocenters. The van der Waals surface area contributed by atoms with E-state index < -0.39 is 6.04 Å². The highest BCUT2D eigenvalue weighted by Crippen LogP contribution is 2.05. The van der Waals surface area contributed by atoms with Gasteiger partial charge < -0.3 is 20.1 Å². The van der Waals surface area contributed by atoms with Gasteiger partial charge in [0.25, 0.3) is 0 Å². The minimum Gasteiger partial charge on any atom is -0.383 e. The van der Waals surface area contributed by atoms with Crippen molar-refractivity contribution in [3.8, 4) is 0 Å². The minimum absolute atomic E-state index is 0.0537. The Morgan fingerprint density at radius 1 is 1.79 bits per heavy atom. The van der Waals surface area contributed by atoms with Gasteiger partial charge >= 0.3 is 0 Å². The second-order valence-corrected chi connectivity index (χ2v) is 3.53. The van der Waals surface area contributed by atoms with Crippen LogP contribution in [0.4, 0.5) is 0 Å². The molecule has 1 aliphatic heterocycles. The van der Waals surface area contributed by atoms with Crippen molar-refractivity contribution in [2.24, 2.45) is 5.73 Å². The second-order valence-electron chi connectivity index (χ2n) is 3.53. The van der Waals surface area contributed by atoms with E-state index in [1.807, 2.05) is 6.92 Å². The Labute approximate surface area is 84.1 Å². The molecule has 0 aromatic rings. The molecule has 14 heavy (non-hydrogen) atoms. The Hall–Kier alpha value is -0.650. The number of methoxy groups -OCH3 is 1. The summed E-state index contributed by atoms with van der Waals surface area (Å²) in [5, 5.41) is 0. The third kappa shape index (κ3) is 2.94. The molecule has 0 saturated carbocycles. The zero-order chi connectivity index (χ0) is 10.6. The van der Waals surface area contributed by atoms with Crippen LogP contribution in [0, 0.1) is 0 Å². The fourth-order valence-electron chi connectivity index (χ4n) is 1.50. The van der Waals surface area contributed by atoms with Crippen LogP contribution in [0.25, 0.3) is 0 Å². The van der Waals surface area contributed by atoms with E-state index in [0.29, 0.717) is 19.7 Å². The maximum atomic E-state index is 11.7. The number of nitrogens with two attached hydrogens (primary N) is 1. The van der Waals surface area contributed by atoms with Crippen LogP contribution in [-0.2, 0) is 14.3 Å². The number of carbonyl (C=O) groups excluding carboxylic acids is 1. The molecule has 82 valence electrons. The van der Waals surface area contributed by atoms with E-state index in [0.717, 1.165) is 0 Å². The van der Waals surface area contributed by atoms with Gasteiger partial charge in [0.15, 0.2) is 0 Å². The standard InChI is InChI=1S/C9H18N2O3/c1-7-5-11(3-4-14-7)9(12)8(10)6-13-2/h7-8H,3-6,10H2,1-2H3. The number of rotatable bonds is 3. The summed E-state index contributed by atoms with van der Waals surface area (Å²) in [5.74, 6) is -0.0537. The average Bonchev–Trinajstić information content (AvgIpc) is 2.17. The number of hydrogen-bond acceptors (Lipinski definition) is 4. The normalized spacial score (nSPS) is 24.8. The minimum atomic E-state index is -0.551. The van der Waals surface area contributed by atoms with Crippen molar-refractivity contribution >= 4 is 5.91 Å².